The summed E-state index contributed by atoms with van der Waals surface area (Å²) >= 11 is 0. The predicted octanol–water partition coefficient (Wildman–Crippen LogP) is 23.5. The SMILES string of the molecule is CCCCOc1cc(OCCCN)cc(-c2cc(-c3cc(-c4cc(OCCCN)cc(OCCCN)c4)cc(C(F)(F)F)c3)cc(C(F)(F)F)c2)c1.CCCCOc1cc(OCCCN)cc(-c2ccc(F)c(-c3cc(-c4cc(OCCCN)cc(OCCCN)c4)ccc3F)c2)c1.CCCCOc1cc(OCCCN)cc(-c2cccc(-c3cccc(-c4cc(OCCCN)cc(OCCCN)c4)c3)c2)c1. The van der Waals surface area contributed by atoms with E-state index >= 15 is 8.78 Å². The van der Waals surface area contributed by atoms with Crippen LogP contribution in [-0.2, 0) is 12.4 Å². The van der Waals surface area contributed by atoms with Gasteiger partial charge in [-0.15, -0.1) is 0 Å². The van der Waals surface area contributed by atoms with Crippen molar-refractivity contribution in [2.45, 2.75) is 129 Å². The zero-order chi connectivity index (χ0) is 101. The number of hydrogen-bond donors (Lipinski definition) is 9. The van der Waals surface area contributed by atoms with Gasteiger partial charge in [0, 0.05) is 47.5 Å². The van der Waals surface area contributed by atoms with Gasteiger partial charge in [0.2, 0.25) is 0 Å². The highest BCUT2D eigenvalue weighted by molar-refractivity contribution is 5.83. The van der Waals surface area contributed by atoms with Gasteiger partial charge in [-0.25, -0.2) is 8.78 Å². The Morgan fingerprint density at radius 1 is 0.183 bits per heavy atom. The van der Waals surface area contributed by atoms with Gasteiger partial charge in [0.1, 0.15) is 80.6 Å². The molecule has 762 valence electrons. The van der Waals surface area contributed by atoms with E-state index in [1.807, 2.05) is 49.4 Å². The molecule has 0 saturated heterocycles. The third kappa shape index (κ3) is 36.1. The molecule has 0 unspecified atom stereocenters. The fourth-order valence-corrected chi connectivity index (χ4v) is 14.7. The maximum atomic E-state index is 15.4. The van der Waals surface area contributed by atoms with Gasteiger partial charge in [-0.3, -0.25) is 0 Å². The summed E-state index contributed by atoms with van der Waals surface area (Å²) in [5.41, 5.74) is 58.9. The Morgan fingerprint density at radius 2 is 0.338 bits per heavy atom. The Kier molecular flexibility index (Phi) is 46.5. The summed E-state index contributed by atoms with van der Waals surface area (Å²) in [5.74, 6) is 5.89. The number of benzene rings is 12. The number of hydrogen-bond acceptors (Lipinski definition) is 21. The second-order valence-electron chi connectivity index (χ2n) is 33.8. The molecular weight excluding hydrogens is 1830 g/mol. The van der Waals surface area contributed by atoms with Crippen molar-refractivity contribution in [2.24, 2.45) is 51.6 Å². The molecule has 21 nitrogen and oxygen atoms in total. The molecule has 0 radical (unpaired) electrons. The van der Waals surface area contributed by atoms with E-state index in [0.717, 1.165) is 150 Å². The number of nitrogens with two attached hydrogens (primary N) is 9. The monoisotopic (exact) mass is 1960 g/mol. The highest BCUT2D eigenvalue weighted by Crippen LogP contribution is 2.46. The van der Waals surface area contributed by atoms with Crippen LogP contribution in [0.15, 0.2) is 231 Å². The molecule has 0 saturated carbocycles. The first kappa shape index (κ1) is 111. The van der Waals surface area contributed by atoms with Gasteiger partial charge in [-0.05, 0) is 371 Å². The summed E-state index contributed by atoms with van der Waals surface area (Å²) in [6.45, 7) is 16.1. The lowest BCUT2D eigenvalue weighted by atomic mass is 9.92. The van der Waals surface area contributed by atoms with E-state index in [9.17, 15) is 26.3 Å². The number of unbranched alkanes of at least 4 members (excludes halogenated alkanes) is 3. The normalized spacial score (nSPS) is 11.3. The number of rotatable bonds is 57. The minimum Gasteiger partial charge on any atom is -0.493 e. The van der Waals surface area contributed by atoms with Crippen LogP contribution in [0.4, 0.5) is 35.1 Å². The van der Waals surface area contributed by atoms with E-state index < -0.39 is 35.1 Å². The lowest BCUT2D eigenvalue weighted by molar-refractivity contribution is -0.138. The van der Waals surface area contributed by atoms with Gasteiger partial charge in [0.25, 0.3) is 0 Å². The predicted molar refractivity (Wildman–Crippen MR) is 552 cm³/mol. The Bertz CT molecular complexity index is 5330. The van der Waals surface area contributed by atoms with Crippen molar-refractivity contribution >= 4 is 0 Å². The van der Waals surface area contributed by atoms with Gasteiger partial charge >= 0.3 is 12.4 Å². The third-order valence-electron chi connectivity index (χ3n) is 22.3. The first-order valence-corrected chi connectivity index (χ1v) is 48.9. The smallest absolute Gasteiger partial charge is 0.416 e. The summed E-state index contributed by atoms with van der Waals surface area (Å²) in [4.78, 5) is 0. The molecule has 12 rings (SSSR count). The molecule has 0 atom stereocenters. The van der Waals surface area contributed by atoms with E-state index in [1.165, 1.54) is 24.3 Å². The highest BCUT2D eigenvalue weighted by atomic mass is 19.4. The van der Waals surface area contributed by atoms with E-state index in [0.29, 0.717) is 225 Å². The van der Waals surface area contributed by atoms with Gasteiger partial charge in [0.15, 0.2) is 0 Å². The second-order valence-corrected chi connectivity index (χ2v) is 33.8. The first-order chi connectivity index (χ1) is 68.9. The van der Waals surface area contributed by atoms with Crippen LogP contribution < -0.4 is 108 Å². The average molecular weight is 1970 g/mol. The molecule has 12 aromatic carbocycles. The molecule has 0 bridgehead atoms. The average Bonchev–Trinajstić information content (AvgIpc) is 0.701. The fourth-order valence-electron chi connectivity index (χ4n) is 14.7. The molecule has 18 N–H and O–H groups in total. The molecule has 0 aliphatic heterocycles. The Morgan fingerprint density at radius 3 is 0.514 bits per heavy atom. The molecule has 0 spiro atoms. The summed E-state index contributed by atoms with van der Waals surface area (Å²) in [5, 5.41) is 0. The summed E-state index contributed by atoms with van der Waals surface area (Å²) in [6, 6.07) is 65.6. The van der Waals surface area contributed by atoms with Crippen molar-refractivity contribution in [3.8, 4) is 169 Å². The van der Waals surface area contributed by atoms with Crippen LogP contribution in [0.3, 0.4) is 0 Å². The summed E-state index contributed by atoms with van der Waals surface area (Å²) in [6.07, 6.45) is 2.07. The maximum absolute atomic E-state index is 15.4. The minimum atomic E-state index is -4.81. The van der Waals surface area contributed by atoms with Crippen LogP contribution in [0.25, 0.3) is 100 Å². The molecule has 29 heteroatoms. The van der Waals surface area contributed by atoms with Crippen LogP contribution in [0.1, 0.15) is 128 Å². The number of halogens is 8. The zero-order valence-electron chi connectivity index (χ0n) is 81.5. The molecule has 0 aliphatic carbocycles. The van der Waals surface area contributed by atoms with Crippen LogP contribution >= 0.6 is 0 Å². The van der Waals surface area contributed by atoms with Crippen molar-refractivity contribution in [3.05, 3.63) is 253 Å². The molecule has 0 aliphatic rings. The van der Waals surface area contributed by atoms with E-state index in [4.69, 9.17) is 108 Å². The molecule has 0 amide bonds. The molecule has 0 heterocycles. The van der Waals surface area contributed by atoms with E-state index in [1.54, 1.807) is 66.7 Å². The third-order valence-corrected chi connectivity index (χ3v) is 22.3. The molecule has 12 aromatic rings. The Hall–Kier alpha value is -12.7. The maximum Gasteiger partial charge on any atom is 0.416 e. The second kappa shape index (κ2) is 59.3. The van der Waals surface area contributed by atoms with Crippen molar-refractivity contribution in [3.63, 3.8) is 0 Å². The van der Waals surface area contributed by atoms with Crippen molar-refractivity contribution in [1.29, 1.82) is 0 Å². The van der Waals surface area contributed by atoms with Crippen molar-refractivity contribution in [1.82, 2.24) is 0 Å². The van der Waals surface area contributed by atoms with Crippen LogP contribution in [0.2, 0.25) is 0 Å². The molecule has 0 aromatic heterocycles. The topological polar surface area (TPSA) is 345 Å². The zero-order valence-corrected chi connectivity index (χ0v) is 81.5. The van der Waals surface area contributed by atoms with Crippen molar-refractivity contribution < 1.29 is 92.0 Å². The number of alkyl halides is 6. The number of ether oxygens (including phenoxy) is 12. The van der Waals surface area contributed by atoms with Crippen molar-refractivity contribution in [2.75, 3.05) is 138 Å². The standard InChI is InChI=1S/C39H45F6N3O4.C37H45F2N3O4.C37H47N3O4/c1-2-3-10-49-34-20-30(21-35(24-34)50-11-4-7-46)28-14-26(16-32(18-28)38(40,41)42)27-15-29(19-33(17-27)39(43,44)45)31-22-36(51-12-5-8-47)25-37(23-31)52-13-6-9-48;1-2-3-14-43-30-18-28(19-31(24-30)44-15-4-11-40)26-7-9-36(38)34(22-26)35-23-27(8-10-37(35)39)29-20-32(45-16-5-12-41)25-33(21-29)46-17-6-13-42;1-2-3-16-41-34-22-32(23-35(26-34)42-17-6-13-38)30-11-4-9-28(20-30)29-10-5-12-31(21-29)33-24-36(43-18-7-14-39)27-37(25-33)44-19-8-15-40/h14-25H,2-13,46-48H2,1H3;7-10,18-25H,2-6,11-17,40-42H2,1H3;4-5,9-12,20-27H,2-3,6-8,13-19,38-40H2,1H3. The van der Waals surface area contributed by atoms with Gasteiger partial charge < -0.3 is 108 Å². The van der Waals surface area contributed by atoms with Crippen LogP contribution in [0, 0.1) is 11.6 Å². The van der Waals surface area contributed by atoms with Gasteiger partial charge in [-0.2, -0.15) is 26.3 Å². The first-order valence-electron chi connectivity index (χ1n) is 48.9. The van der Waals surface area contributed by atoms with E-state index in [-0.39, 0.29) is 53.2 Å². The Labute approximate surface area is 829 Å². The lowest BCUT2D eigenvalue weighted by Crippen LogP contribution is -2.08. The summed E-state index contributed by atoms with van der Waals surface area (Å²) < 4.78 is 189. The van der Waals surface area contributed by atoms with Crippen LogP contribution in [0.5, 0.6) is 69.0 Å². The van der Waals surface area contributed by atoms with E-state index in [2.05, 4.69) is 86.6 Å². The van der Waals surface area contributed by atoms with Gasteiger partial charge in [-0.1, -0.05) is 88.6 Å². The Balaban J connectivity index is 0.000000220. The minimum absolute atomic E-state index is 0.0742. The fraction of sp³-hybridized carbons (Fsp3) is 0.363. The molecule has 142 heavy (non-hydrogen) atoms. The largest absolute Gasteiger partial charge is 0.493 e. The quantitative estimate of drug-likeness (QED) is 0.0126. The molecular formula is C113H137F8N9O12. The summed E-state index contributed by atoms with van der Waals surface area (Å²) in [7, 11) is 0. The van der Waals surface area contributed by atoms with Crippen LogP contribution in [-0.4, -0.2) is 138 Å². The van der Waals surface area contributed by atoms with Gasteiger partial charge in [0.05, 0.1) is 90.4 Å². The molecule has 0 fully saturated rings. The highest BCUT2D eigenvalue weighted by Gasteiger charge is 2.35. The lowest BCUT2D eigenvalue weighted by Gasteiger charge is -2.18.